The van der Waals surface area contributed by atoms with Crippen LogP contribution in [0.1, 0.15) is 32.8 Å². The standard InChI is InChI=1S/C17H20O/c1-4-17(2,3)15-11-7-5-9-13(15)14-10-6-8-12-16(14)18/h5-12,18H,4H2,1-3H3. The zero-order chi connectivity index (χ0) is 13.2. The summed E-state index contributed by atoms with van der Waals surface area (Å²) < 4.78 is 0. The average Bonchev–Trinajstić information content (AvgIpc) is 2.39. The van der Waals surface area contributed by atoms with E-state index >= 15 is 0 Å². The summed E-state index contributed by atoms with van der Waals surface area (Å²) in [6.07, 6.45) is 1.07. The van der Waals surface area contributed by atoms with Crippen LogP contribution in [-0.4, -0.2) is 5.11 Å². The normalized spacial score (nSPS) is 11.5. The molecule has 0 aliphatic heterocycles. The van der Waals surface area contributed by atoms with Crippen LogP contribution >= 0.6 is 0 Å². The minimum atomic E-state index is 0.110. The summed E-state index contributed by atoms with van der Waals surface area (Å²) in [5.41, 5.74) is 3.44. The van der Waals surface area contributed by atoms with Gasteiger partial charge in [-0.15, -0.1) is 0 Å². The lowest BCUT2D eigenvalue weighted by atomic mass is 9.78. The predicted octanol–water partition coefficient (Wildman–Crippen LogP) is 4.75. The molecular formula is C17H20O. The molecule has 2 rings (SSSR count). The van der Waals surface area contributed by atoms with Gasteiger partial charge in [-0.3, -0.25) is 0 Å². The van der Waals surface area contributed by atoms with E-state index in [0.29, 0.717) is 5.75 Å². The molecule has 0 radical (unpaired) electrons. The molecule has 0 saturated heterocycles. The second kappa shape index (κ2) is 4.85. The fraction of sp³-hybridized carbons (Fsp3) is 0.294. The summed E-state index contributed by atoms with van der Waals surface area (Å²) in [6.45, 7) is 6.68. The lowest BCUT2D eigenvalue weighted by Crippen LogP contribution is -2.16. The van der Waals surface area contributed by atoms with E-state index in [4.69, 9.17) is 0 Å². The first-order valence-corrected chi connectivity index (χ1v) is 6.44. The van der Waals surface area contributed by atoms with Crippen LogP contribution in [0.4, 0.5) is 0 Å². The first-order valence-electron chi connectivity index (χ1n) is 6.44. The van der Waals surface area contributed by atoms with Gasteiger partial charge in [-0.1, -0.05) is 63.2 Å². The number of hydrogen-bond acceptors (Lipinski definition) is 1. The highest BCUT2D eigenvalue weighted by atomic mass is 16.3. The van der Waals surface area contributed by atoms with Gasteiger partial charge in [0.2, 0.25) is 0 Å². The van der Waals surface area contributed by atoms with Gasteiger partial charge in [-0.25, -0.2) is 0 Å². The van der Waals surface area contributed by atoms with Crippen LogP contribution in [0, 0.1) is 0 Å². The Balaban J connectivity index is 2.63. The van der Waals surface area contributed by atoms with Crippen LogP contribution in [0.15, 0.2) is 48.5 Å². The van der Waals surface area contributed by atoms with Crippen LogP contribution in [0.5, 0.6) is 5.75 Å². The van der Waals surface area contributed by atoms with E-state index < -0.39 is 0 Å². The Hall–Kier alpha value is -1.76. The van der Waals surface area contributed by atoms with E-state index in [1.165, 1.54) is 5.56 Å². The molecule has 1 nitrogen and oxygen atoms in total. The Labute approximate surface area is 109 Å². The Morgan fingerprint density at radius 2 is 1.44 bits per heavy atom. The third kappa shape index (κ3) is 2.26. The second-order valence-electron chi connectivity index (χ2n) is 5.30. The highest BCUT2D eigenvalue weighted by Crippen LogP contribution is 2.38. The zero-order valence-electron chi connectivity index (χ0n) is 11.3. The Bertz CT molecular complexity index is 541. The highest BCUT2D eigenvalue weighted by molar-refractivity contribution is 5.74. The van der Waals surface area contributed by atoms with E-state index in [1.807, 2.05) is 24.3 Å². The molecular weight excluding hydrogens is 220 g/mol. The number of para-hydroxylation sites is 1. The van der Waals surface area contributed by atoms with Gasteiger partial charge in [-0.2, -0.15) is 0 Å². The lowest BCUT2D eigenvalue weighted by Gasteiger charge is -2.26. The predicted molar refractivity (Wildman–Crippen MR) is 76.9 cm³/mol. The van der Waals surface area contributed by atoms with Crippen molar-refractivity contribution in [3.8, 4) is 16.9 Å². The first-order chi connectivity index (χ1) is 8.56. The first kappa shape index (κ1) is 12.7. The summed E-state index contributed by atoms with van der Waals surface area (Å²) in [7, 11) is 0. The van der Waals surface area contributed by atoms with Crippen molar-refractivity contribution in [2.75, 3.05) is 0 Å². The molecule has 0 fully saturated rings. The largest absolute Gasteiger partial charge is 0.507 e. The number of phenols is 1. The summed E-state index contributed by atoms with van der Waals surface area (Å²) in [5.74, 6) is 0.344. The van der Waals surface area contributed by atoms with Crippen LogP contribution in [0.3, 0.4) is 0 Å². The number of phenolic OH excluding ortho intramolecular Hbond substituents is 1. The molecule has 0 aromatic heterocycles. The van der Waals surface area contributed by atoms with Gasteiger partial charge < -0.3 is 5.11 Å². The Morgan fingerprint density at radius 3 is 2.06 bits per heavy atom. The highest BCUT2D eigenvalue weighted by Gasteiger charge is 2.22. The SMILES string of the molecule is CCC(C)(C)c1ccccc1-c1ccccc1O. The molecule has 0 atom stereocenters. The van der Waals surface area contributed by atoms with Crippen molar-refractivity contribution in [3.05, 3.63) is 54.1 Å². The number of benzene rings is 2. The molecule has 18 heavy (non-hydrogen) atoms. The van der Waals surface area contributed by atoms with Crippen molar-refractivity contribution in [2.45, 2.75) is 32.6 Å². The van der Waals surface area contributed by atoms with Crippen molar-refractivity contribution < 1.29 is 5.11 Å². The van der Waals surface area contributed by atoms with Crippen molar-refractivity contribution in [2.24, 2.45) is 0 Å². The molecule has 1 N–H and O–H groups in total. The van der Waals surface area contributed by atoms with E-state index in [2.05, 4.69) is 39.0 Å². The van der Waals surface area contributed by atoms with E-state index in [1.54, 1.807) is 6.07 Å². The zero-order valence-corrected chi connectivity index (χ0v) is 11.3. The van der Waals surface area contributed by atoms with Crippen molar-refractivity contribution in [1.29, 1.82) is 0 Å². The second-order valence-corrected chi connectivity index (χ2v) is 5.30. The third-order valence-electron chi connectivity index (χ3n) is 3.73. The van der Waals surface area contributed by atoms with Gasteiger partial charge in [0, 0.05) is 5.56 Å². The van der Waals surface area contributed by atoms with Crippen LogP contribution < -0.4 is 0 Å². The maximum absolute atomic E-state index is 10.0. The molecule has 0 unspecified atom stereocenters. The van der Waals surface area contributed by atoms with Gasteiger partial charge in [0.25, 0.3) is 0 Å². The average molecular weight is 240 g/mol. The van der Waals surface area contributed by atoms with Crippen molar-refractivity contribution in [1.82, 2.24) is 0 Å². The molecule has 0 amide bonds. The van der Waals surface area contributed by atoms with Crippen molar-refractivity contribution in [3.63, 3.8) is 0 Å². The maximum atomic E-state index is 10.0. The summed E-state index contributed by atoms with van der Waals surface area (Å²) in [6, 6.07) is 15.9. The van der Waals surface area contributed by atoms with Gasteiger partial charge in [0.05, 0.1) is 0 Å². The fourth-order valence-electron chi connectivity index (χ4n) is 2.20. The van der Waals surface area contributed by atoms with E-state index in [-0.39, 0.29) is 5.41 Å². The minimum Gasteiger partial charge on any atom is -0.507 e. The summed E-state index contributed by atoms with van der Waals surface area (Å²) >= 11 is 0. The smallest absolute Gasteiger partial charge is 0.123 e. The van der Waals surface area contributed by atoms with Crippen LogP contribution in [0.25, 0.3) is 11.1 Å². The summed E-state index contributed by atoms with van der Waals surface area (Å²) in [4.78, 5) is 0. The molecule has 0 saturated carbocycles. The molecule has 0 spiro atoms. The molecule has 0 bridgehead atoms. The van der Waals surface area contributed by atoms with Gasteiger partial charge >= 0.3 is 0 Å². The monoisotopic (exact) mass is 240 g/mol. The quantitative estimate of drug-likeness (QED) is 0.821. The Kier molecular flexibility index (Phi) is 3.42. The van der Waals surface area contributed by atoms with Crippen LogP contribution in [-0.2, 0) is 5.41 Å². The minimum absolute atomic E-state index is 0.110. The molecule has 0 aliphatic rings. The Morgan fingerprint density at radius 1 is 0.889 bits per heavy atom. The molecule has 94 valence electrons. The maximum Gasteiger partial charge on any atom is 0.123 e. The van der Waals surface area contributed by atoms with Crippen molar-refractivity contribution >= 4 is 0 Å². The summed E-state index contributed by atoms with van der Waals surface area (Å²) in [5, 5.41) is 10.0. The molecule has 1 heteroatoms. The number of aromatic hydroxyl groups is 1. The van der Waals surface area contributed by atoms with E-state index in [0.717, 1.165) is 17.5 Å². The van der Waals surface area contributed by atoms with Gasteiger partial charge in [0.1, 0.15) is 5.75 Å². The van der Waals surface area contributed by atoms with Gasteiger partial charge in [-0.05, 0) is 29.0 Å². The van der Waals surface area contributed by atoms with Gasteiger partial charge in [0.15, 0.2) is 0 Å². The fourth-order valence-corrected chi connectivity index (χ4v) is 2.20. The molecule has 0 aliphatic carbocycles. The molecule has 2 aromatic carbocycles. The topological polar surface area (TPSA) is 20.2 Å². The third-order valence-corrected chi connectivity index (χ3v) is 3.73. The molecule has 0 heterocycles. The van der Waals surface area contributed by atoms with Crippen LogP contribution in [0.2, 0.25) is 0 Å². The molecule has 2 aromatic rings. The van der Waals surface area contributed by atoms with E-state index in [9.17, 15) is 5.11 Å². The number of hydrogen-bond donors (Lipinski definition) is 1. The lowest BCUT2D eigenvalue weighted by molar-refractivity contribution is 0.476. The number of rotatable bonds is 3.